The molecule has 7 heteroatoms. The van der Waals surface area contributed by atoms with Crippen molar-refractivity contribution in [2.24, 2.45) is 0 Å². The highest BCUT2D eigenvalue weighted by Gasteiger charge is 2.11. The quantitative estimate of drug-likeness (QED) is 0.845. The smallest absolute Gasteiger partial charge is 0.268 e. The number of halogens is 2. The van der Waals surface area contributed by atoms with Crippen LogP contribution in [0.15, 0.2) is 24.4 Å². The van der Waals surface area contributed by atoms with Gasteiger partial charge in [0.2, 0.25) is 0 Å². The van der Waals surface area contributed by atoms with Gasteiger partial charge in [-0.25, -0.2) is 4.98 Å². The topological polar surface area (TPSA) is 61.0 Å². The summed E-state index contributed by atoms with van der Waals surface area (Å²) < 4.78 is 0. The predicted octanol–water partition coefficient (Wildman–Crippen LogP) is 3.49. The van der Waals surface area contributed by atoms with Crippen molar-refractivity contribution in [1.29, 1.82) is 0 Å². The Labute approximate surface area is 139 Å². The van der Waals surface area contributed by atoms with Crippen LogP contribution in [0.1, 0.15) is 29.9 Å². The molecule has 0 fully saturated rings. The second-order valence-corrected chi connectivity index (χ2v) is 5.51. The summed E-state index contributed by atoms with van der Waals surface area (Å²) in [6.07, 6.45) is 1.77. The van der Waals surface area contributed by atoms with Gasteiger partial charge in [0.25, 0.3) is 5.91 Å². The van der Waals surface area contributed by atoms with Crippen molar-refractivity contribution in [2.75, 3.05) is 18.0 Å². The van der Waals surface area contributed by atoms with E-state index in [0.717, 1.165) is 24.5 Å². The third-order valence-corrected chi connectivity index (χ3v) is 4.01. The van der Waals surface area contributed by atoms with Crippen LogP contribution < -0.4 is 10.2 Å². The molecule has 0 aliphatic carbocycles. The minimum absolute atomic E-state index is 0.261. The fourth-order valence-corrected chi connectivity index (χ4v) is 2.37. The standard InChI is InChI=1S/C15H18Cl2N4O/c1-3-21(4-2)13-6-5-10(8-18-13)9-19-15(22)12-7-11(16)14(17)20-12/h5-8,20H,3-4,9H2,1-2H3,(H,19,22). The van der Waals surface area contributed by atoms with Crippen molar-refractivity contribution < 1.29 is 4.79 Å². The Bertz CT molecular complexity index is 616. The maximum atomic E-state index is 12.0. The molecule has 1 amide bonds. The average Bonchev–Trinajstić information content (AvgIpc) is 2.87. The maximum absolute atomic E-state index is 12.0. The molecule has 2 aromatic rings. The molecule has 2 N–H and O–H groups in total. The zero-order chi connectivity index (χ0) is 16.1. The highest BCUT2D eigenvalue weighted by molar-refractivity contribution is 6.41. The molecule has 0 saturated carbocycles. The highest BCUT2D eigenvalue weighted by Crippen LogP contribution is 2.21. The lowest BCUT2D eigenvalue weighted by molar-refractivity contribution is 0.0946. The first-order chi connectivity index (χ1) is 10.5. The number of amides is 1. The molecule has 0 atom stereocenters. The Hall–Kier alpha value is -1.72. The number of carbonyl (C=O) groups is 1. The van der Waals surface area contributed by atoms with Gasteiger partial charge >= 0.3 is 0 Å². The van der Waals surface area contributed by atoms with Gasteiger partial charge in [-0.05, 0) is 31.5 Å². The van der Waals surface area contributed by atoms with Crippen LogP contribution in [-0.2, 0) is 6.54 Å². The maximum Gasteiger partial charge on any atom is 0.268 e. The third kappa shape index (κ3) is 3.93. The van der Waals surface area contributed by atoms with E-state index in [0.29, 0.717) is 17.3 Å². The second kappa shape index (κ2) is 7.51. The largest absolute Gasteiger partial charge is 0.357 e. The van der Waals surface area contributed by atoms with Crippen molar-refractivity contribution in [3.8, 4) is 0 Å². The minimum Gasteiger partial charge on any atom is -0.357 e. The molecule has 0 unspecified atom stereocenters. The van der Waals surface area contributed by atoms with E-state index in [9.17, 15) is 4.79 Å². The second-order valence-electron chi connectivity index (χ2n) is 4.72. The number of carbonyl (C=O) groups excluding carboxylic acids is 1. The molecule has 2 heterocycles. The number of aromatic amines is 1. The lowest BCUT2D eigenvalue weighted by Gasteiger charge is -2.19. The number of aromatic nitrogens is 2. The number of rotatable bonds is 6. The van der Waals surface area contributed by atoms with Gasteiger partial charge in [0.15, 0.2) is 0 Å². The van der Waals surface area contributed by atoms with Crippen LogP contribution in [0.3, 0.4) is 0 Å². The van der Waals surface area contributed by atoms with Gasteiger partial charge in [0.1, 0.15) is 16.7 Å². The molecule has 0 aliphatic rings. The molecule has 2 rings (SSSR count). The molecular weight excluding hydrogens is 323 g/mol. The number of H-pyrrole nitrogens is 1. The van der Waals surface area contributed by atoms with Gasteiger partial charge in [-0.2, -0.15) is 0 Å². The molecule has 0 radical (unpaired) electrons. The molecular formula is C15H18Cl2N4O. The summed E-state index contributed by atoms with van der Waals surface area (Å²) in [7, 11) is 0. The van der Waals surface area contributed by atoms with Crippen molar-refractivity contribution >= 4 is 34.9 Å². The zero-order valence-electron chi connectivity index (χ0n) is 12.5. The monoisotopic (exact) mass is 340 g/mol. The van der Waals surface area contributed by atoms with Crippen molar-refractivity contribution in [3.05, 3.63) is 45.8 Å². The normalized spacial score (nSPS) is 10.5. The zero-order valence-corrected chi connectivity index (χ0v) is 14.0. The van der Waals surface area contributed by atoms with Crippen LogP contribution in [0.25, 0.3) is 0 Å². The molecule has 0 saturated heterocycles. The fourth-order valence-electron chi connectivity index (χ4n) is 2.06. The molecule has 2 aromatic heterocycles. The Morgan fingerprint density at radius 2 is 2.05 bits per heavy atom. The SMILES string of the molecule is CCN(CC)c1ccc(CNC(=O)c2cc(Cl)c(Cl)[nH]2)cn1. The highest BCUT2D eigenvalue weighted by atomic mass is 35.5. The predicted molar refractivity (Wildman–Crippen MR) is 89.8 cm³/mol. The van der Waals surface area contributed by atoms with Crippen LogP contribution >= 0.6 is 23.2 Å². The third-order valence-electron chi connectivity index (χ3n) is 3.32. The minimum atomic E-state index is -0.262. The van der Waals surface area contributed by atoms with Gasteiger partial charge in [-0.15, -0.1) is 0 Å². The average molecular weight is 341 g/mol. The van der Waals surface area contributed by atoms with E-state index < -0.39 is 0 Å². The van der Waals surface area contributed by atoms with Crippen LogP contribution in [0.4, 0.5) is 5.82 Å². The molecule has 22 heavy (non-hydrogen) atoms. The summed E-state index contributed by atoms with van der Waals surface area (Å²) in [5, 5.41) is 3.38. The van der Waals surface area contributed by atoms with Gasteiger partial charge in [-0.1, -0.05) is 29.3 Å². The van der Waals surface area contributed by atoms with Crippen LogP contribution in [0.5, 0.6) is 0 Å². The molecule has 5 nitrogen and oxygen atoms in total. The summed E-state index contributed by atoms with van der Waals surface area (Å²) in [4.78, 5) is 21.3. The Kier molecular flexibility index (Phi) is 5.69. The van der Waals surface area contributed by atoms with E-state index >= 15 is 0 Å². The van der Waals surface area contributed by atoms with E-state index in [1.54, 1.807) is 6.20 Å². The van der Waals surface area contributed by atoms with E-state index in [-0.39, 0.29) is 11.1 Å². The number of pyridine rings is 1. The molecule has 118 valence electrons. The Morgan fingerprint density at radius 1 is 1.32 bits per heavy atom. The first kappa shape index (κ1) is 16.6. The number of hydrogen-bond donors (Lipinski definition) is 2. The van der Waals surface area contributed by atoms with Crippen molar-refractivity contribution in [3.63, 3.8) is 0 Å². The van der Waals surface area contributed by atoms with Crippen LogP contribution in [0, 0.1) is 0 Å². The fraction of sp³-hybridized carbons (Fsp3) is 0.333. The van der Waals surface area contributed by atoms with E-state index in [1.165, 1.54) is 6.07 Å². The summed E-state index contributed by atoms with van der Waals surface area (Å²) >= 11 is 11.6. The van der Waals surface area contributed by atoms with Crippen LogP contribution in [0.2, 0.25) is 10.2 Å². The van der Waals surface area contributed by atoms with Crippen molar-refractivity contribution in [2.45, 2.75) is 20.4 Å². The van der Waals surface area contributed by atoms with E-state index in [4.69, 9.17) is 23.2 Å². The summed E-state index contributed by atoms with van der Waals surface area (Å²) in [5.74, 6) is 0.671. The van der Waals surface area contributed by atoms with Crippen molar-refractivity contribution in [1.82, 2.24) is 15.3 Å². The van der Waals surface area contributed by atoms with E-state index in [2.05, 4.69) is 34.0 Å². The number of nitrogens with zero attached hydrogens (tertiary/aromatic N) is 2. The van der Waals surface area contributed by atoms with E-state index in [1.807, 2.05) is 12.1 Å². The Balaban J connectivity index is 1.95. The molecule has 0 spiro atoms. The number of hydrogen-bond acceptors (Lipinski definition) is 3. The lowest BCUT2D eigenvalue weighted by Crippen LogP contribution is -2.24. The molecule has 0 aromatic carbocycles. The van der Waals surface area contributed by atoms with Gasteiger partial charge in [0.05, 0.1) is 5.02 Å². The summed E-state index contributed by atoms with van der Waals surface area (Å²) in [6, 6.07) is 5.41. The van der Waals surface area contributed by atoms with Gasteiger partial charge in [-0.3, -0.25) is 4.79 Å². The first-order valence-electron chi connectivity index (χ1n) is 7.07. The molecule has 0 aliphatic heterocycles. The number of anilines is 1. The summed E-state index contributed by atoms with van der Waals surface area (Å²) in [5.41, 5.74) is 1.26. The Morgan fingerprint density at radius 3 is 2.55 bits per heavy atom. The molecule has 0 bridgehead atoms. The number of nitrogens with one attached hydrogen (secondary N) is 2. The van der Waals surface area contributed by atoms with Gasteiger partial charge < -0.3 is 15.2 Å². The summed E-state index contributed by atoms with van der Waals surface area (Å²) in [6.45, 7) is 6.39. The van der Waals surface area contributed by atoms with Gasteiger partial charge in [0, 0.05) is 25.8 Å². The van der Waals surface area contributed by atoms with Crippen LogP contribution in [-0.4, -0.2) is 29.0 Å². The first-order valence-corrected chi connectivity index (χ1v) is 7.82. The lowest BCUT2D eigenvalue weighted by atomic mass is 10.2.